The summed E-state index contributed by atoms with van der Waals surface area (Å²) in [6.07, 6.45) is -7.50. The lowest BCUT2D eigenvalue weighted by molar-refractivity contribution is -0.368. The predicted octanol–water partition coefficient (Wildman–Crippen LogP) is 5.51. The summed E-state index contributed by atoms with van der Waals surface area (Å²) >= 11 is 0. The highest BCUT2D eigenvalue weighted by atomic mass is 16.8. The van der Waals surface area contributed by atoms with Gasteiger partial charge < -0.3 is 71.1 Å². The van der Waals surface area contributed by atoms with E-state index in [0.29, 0.717) is 63.1 Å². The van der Waals surface area contributed by atoms with Gasteiger partial charge in [0.25, 0.3) is 0 Å². The maximum Gasteiger partial charge on any atom is 0.303 e. The molecule has 0 aromatic rings. The van der Waals surface area contributed by atoms with Gasteiger partial charge in [0, 0.05) is 72.5 Å². The summed E-state index contributed by atoms with van der Waals surface area (Å²) in [6, 6.07) is 0. The van der Waals surface area contributed by atoms with Gasteiger partial charge in [-0.05, 0) is 99.2 Å². The van der Waals surface area contributed by atoms with Crippen LogP contribution in [0.1, 0.15) is 134 Å². The Morgan fingerprint density at radius 3 is 1.70 bits per heavy atom. The van der Waals surface area contributed by atoms with Crippen LogP contribution < -0.4 is 0 Å². The van der Waals surface area contributed by atoms with E-state index in [1.54, 1.807) is 13.8 Å². The molecule has 76 heavy (non-hydrogen) atoms. The molecule has 8 rings (SSSR count). The van der Waals surface area contributed by atoms with E-state index < -0.39 is 103 Å². The van der Waals surface area contributed by atoms with Crippen LogP contribution in [0.15, 0.2) is 0 Å². The van der Waals surface area contributed by atoms with Crippen molar-refractivity contribution in [3.63, 3.8) is 0 Å². The number of Topliss-reactive ketones (excluding diaryl/α,β-unsaturated/α-hetero) is 1. The third-order valence-electron chi connectivity index (χ3n) is 18.2. The van der Waals surface area contributed by atoms with Crippen molar-refractivity contribution in [1.82, 2.24) is 0 Å². The molecule has 0 aromatic carbocycles. The number of hydrogen-bond donors (Lipinski definition) is 0. The molecule has 0 radical (unpaired) electrons. The standard InChI is InChI=1S/C55H84O21/c1-12-62-26-64-24-41-45(67-30(5)56)47(68-31(6)57)50(71-34(9)60)52(74-41)75-46-42(25-65-27-63-13-2)73-51(49(70-33(8)59)48(46)69-32(7)58)72-36-17-18-53(10)35(20-36)14-15-37-38-21-40-43(54(38,11)22-39(61)44(37)53)29(4)55(76-40)19-16-28(3)23-66-55/h28-29,35-38,40-52H,12-27H2,1-11H3/t28-,29?,35+,36+,37+,38+,40?,41-,42-,43?,44-,45-,46-,47+,48+,49-,50-,51-,52+,53+,54+,55-/m1/s1. The van der Waals surface area contributed by atoms with Crippen LogP contribution in [0.4, 0.5) is 0 Å². The summed E-state index contributed by atoms with van der Waals surface area (Å²) in [4.78, 5) is 79.3. The molecule has 4 saturated carbocycles. The molecule has 4 heterocycles. The Balaban J connectivity index is 1.04. The molecule has 8 fully saturated rings. The summed E-state index contributed by atoms with van der Waals surface area (Å²) in [5.41, 5.74) is -0.453. The molecule has 4 saturated heterocycles. The molecule has 4 aliphatic carbocycles. The Kier molecular flexibility index (Phi) is 19.0. The second kappa shape index (κ2) is 24.5. The van der Waals surface area contributed by atoms with Crippen molar-refractivity contribution in [2.45, 2.75) is 213 Å². The molecular weight excluding hydrogens is 997 g/mol. The number of fused-ring (bicyclic) bond motifs is 7. The lowest BCUT2D eigenvalue weighted by atomic mass is 9.44. The quantitative estimate of drug-likeness (QED) is 0.0509. The highest BCUT2D eigenvalue weighted by Gasteiger charge is 2.71. The van der Waals surface area contributed by atoms with Gasteiger partial charge in [-0.15, -0.1) is 0 Å². The summed E-state index contributed by atoms with van der Waals surface area (Å²) in [5.74, 6) is -2.56. The van der Waals surface area contributed by atoms with E-state index in [9.17, 15) is 28.8 Å². The van der Waals surface area contributed by atoms with Crippen molar-refractivity contribution in [3.8, 4) is 0 Å². The Bertz CT molecular complexity index is 2060. The number of carbonyl (C=O) groups is 6. The molecular formula is C55H84O21. The van der Waals surface area contributed by atoms with E-state index in [-0.39, 0.29) is 73.3 Å². The van der Waals surface area contributed by atoms with Crippen molar-refractivity contribution < 1.29 is 99.8 Å². The molecule has 8 aliphatic rings. The molecule has 1 spiro atoms. The van der Waals surface area contributed by atoms with E-state index in [1.165, 1.54) is 13.8 Å². The van der Waals surface area contributed by atoms with Crippen LogP contribution in [0, 0.1) is 52.3 Å². The maximum absolute atomic E-state index is 14.9. The molecule has 3 unspecified atom stereocenters. The highest BCUT2D eigenvalue weighted by Crippen LogP contribution is 2.70. The topological polar surface area (TPSA) is 241 Å². The molecule has 21 nitrogen and oxygen atoms in total. The van der Waals surface area contributed by atoms with Gasteiger partial charge in [0.05, 0.1) is 32.0 Å². The van der Waals surface area contributed by atoms with Crippen LogP contribution >= 0.6 is 0 Å². The maximum atomic E-state index is 14.9. The number of carbonyl (C=O) groups excluding carboxylic acids is 6. The Morgan fingerprint density at radius 2 is 1.14 bits per heavy atom. The zero-order chi connectivity index (χ0) is 54.9. The van der Waals surface area contributed by atoms with Crippen LogP contribution in [0.5, 0.6) is 0 Å². The van der Waals surface area contributed by atoms with Gasteiger partial charge in [-0.3, -0.25) is 28.8 Å². The van der Waals surface area contributed by atoms with E-state index in [4.69, 9.17) is 71.1 Å². The van der Waals surface area contributed by atoms with Crippen LogP contribution in [-0.2, 0) is 99.8 Å². The van der Waals surface area contributed by atoms with Crippen LogP contribution in [0.2, 0.25) is 0 Å². The number of rotatable bonds is 19. The number of hydrogen-bond acceptors (Lipinski definition) is 21. The monoisotopic (exact) mass is 1080 g/mol. The van der Waals surface area contributed by atoms with E-state index in [2.05, 4.69) is 27.7 Å². The zero-order valence-corrected chi connectivity index (χ0v) is 46.4. The van der Waals surface area contributed by atoms with E-state index >= 15 is 0 Å². The molecule has 0 N–H and O–H groups in total. The Labute approximate surface area is 446 Å². The average Bonchev–Trinajstić information content (AvgIpc) is 3.84. The van der Waals surface area contributed by atoms with Crippen LogP contribution in [-0.4, -0.2) is 162 Å². The van der Waals surface area contributed by atoms with Crippen LogP contribution in [0.3, 0.4) is 0 Å². The largest absolute Gasteiger partial charge is 0.456 e. The highest BCUT2D eigenvalue weighted by molar-refractivity contribution is 5.84. The van der Waals surface area contributed by atoms with Gasteiger partial charge in [-0.2, -0.15) is 0 Å². The van der Waals surface area contributed by atoms with E-state index in [0.717, 1.165) is 52.9 Å². The van der Waals surface area contributed by atoms with Crippen molar-refractivity contribution in [3.05, 3.63) is 0 Å². The van der Waals surface area contributed by atoms with Crippen molar-refractivity contribution >= 4 is 35.6 Å². The molecule has 430 valence electrons. The summed E-state index contributed by atoms with van der Waals surface area (Å²) in [6.45, 7) is 19.0. The third kappa shape index (κ3) is 12.2. The molecule has 0 bridgehead atoms. The fraction of sp³-hybridized carbons (Fsp3) is 0.891. The molecule has 4 aliphatic heterocycles. The van der Waals surface area contributed by atoms with Gasteiger partial charge in [0.2, 0.25) is 0 Å². The second-order valence-corrected chi connectivity index (χ2v) is 23.2. The normalized spacial score (nSPS) is 43.7. The van der Waals surface area contributed by atoms with Gasteiger partial charge in [-0.25, -0.2) is 0 Å². The van der Waals surface area contributed by atoms with Crippen LogP contribution in [0.25, 0.3) is 0 Å². The second-order valence-electron chi connectivity index (χ2n) is 23.2. The van der Waals surface area contributed by atoms with Crippen molar-refractivity contribution in [2.24, 2.45) is 52.3 Å². The lowest BCUT2D eigenvalue weighted by Gasteiger charge is -2.60. The predicted molar refractivity (Wildman–Crippen MR) is 262 cm³/mol. The average molecular weight is 1080 g/mol. The zero-order valence-electron chi connectivity index (χ0n) is 46.4. The lowest BCUT2D eigenvalue weighted by Crippen LogP contribution is -2.67. The van der Waals surface area contributed by atoms with Gasteiger partial charge >= 0.3 is 29.8 Å². The minimum Gasteiger partial charge on any atom is -0.456 e. The van der Waals surface area contributed by atoms with Crippen molar-refractivity contribution in [2.75, 3.05) is 46.6 Å². The first-order valence-corrected chi connectivity index (χ1v) is 27.8. The first kappa shape index (κ1) is 58.8. The smallest absolute Gasteiger partial charge is 0.303 e. The summed E-state index contributed by atoms with van der Waals surface area (Å²) in [5, 5.41) is 0. The number of ketones is 1. The first-order chi connectivity index (χ1) is 36.1. The van der Waals surface area contributed by atoms with Crippen molar-refractivity contribution in [1.29, 1.82) is 0 Å². The fourth-order valence-corrected chi connectivity index (χ4v) is 15.2. The summed E-state index contributed by atoms with van der Waals surface area (Å²) < 4.78 is 91.9. The molecule has 21 heteroatoms. The SMILES string of the molecule is CCOCOC[C@H]1O[C@@H](O[C@H]2[C@H](OC(C)=O)[C@@H](OC(C)=O)[C@H](O[C@H]3CC[C@@]4(C)[C@@H](CC[C@@H]5[C@@H]4C(=O)C[C@]4(C)C6C(C[C@@H]54)O[C@]4(CC[C@@H](C)CO4)C6C)C3)O[C@@H]2COCOCC)[C@H](OC(C)=O)[C@@H](OC(C)=O)[C@@H]1OC(C)=O. The van der Waals surface area contributed by atoms with Gasteiger partial charge in [0.15, 0.2) is 48.9 Å². The van der Waals surface area contributed by atoms with Gasteiger partial charge in [0.1, 0.15) is 37.7 Å². The number of ether oxygens (including phenoxy) is 15. The minimum absolute atomic E-state index is 0.0692. The molecule has 0 aromatic heterocycles. The Morgan fingerprint density at radius 1 is 0.605 bits per heavy atom. The fourth-order valence-electron chi connectivity index (χ4n) is 15.2. The van der Waals surface area contributed by atoms with Gasteiger partial charge in [-0.1, -0.05) is 27.7 Å². The molecule has 22 atom stereocenters. The first-order valence-electron chi connectivity index (χ1n) is 27.8. The Hall–Kier alpha value is -3.38. The number of esters is 5. The minimum atomic E-state index is -1.67. The third-order valence-corrected chi connectivity index (χ3v) is 18.2. The summed E-state index contributed by atoms with van der Waals surface area (Å²) in [7, 11) is 0. The van der Waals surface area contributed by atoms with E-state index in [1.807, 2.05) is 0 Å². The molecule has 0 amide bonds.